The van der Waals surface area contributed by atoms with Crippen molar-refractivity contribution in [1.82, 2.24) is 0 Å². The minimum absolute atomic E-state index is 0.501. The van der Waals surface area contributed by atoms with Crippen molar-refractivity contribution in [2.75, 3.05) is 0 Å². The van der Waals surface area contributed by atoms with Gasteiger partial charge < -0.3 is 0 Å². The van der Waals surface area contributed by atoms with Gasteiger partial charge in [0, 0.05) is 5.33 Å². The Labute approximate surface area is 145 Å². The van der Waals surface area contributed by atoms with Crippen LogP contribution >= 0.6 is 23.5 Å². The highest BCUT2D eigenvalue weighted by Crippen LogP contribution is 2.77. The monoisotopic (exact) mass is 412 g/mol. The molecule has 0 aliphatic heterocycles. The maximum Gasteiger partial charge on any atom is 0.405 e. The molecule has 0 amide bonds. The molecule has 1 rings (SSSR count). The van der Waals surface area contributed by atoms with Gasteiger partial charge in [-0.3, -0.25) is 4.57 Å². The van der Waals surface area contributed by atoms with Crippen LogP contribution in [0.2, 0.25) is 0 Å². The maximum absolute atomic E-state index is 13.3. The highest BCUT2D eigenvalue weighted by atomic mass is 79.9. The van der Waals surface area contributed by atoms with Gasteiger partial charge in [-0.05, 0) is 31.0 Å². The van der Waals surface area contributed by atoms with Crippen LogP contribution in [0.1, 0.15) is 52.7 Å². The summed E-state index contributed by atoms with van der Waals surface area (Å²) in [5.74, 6) is 0. The summed E-state index contributed by atoms with van der Waals surface area (Å²) in [7, 11) is -4.76. The quantitative estimate of drug-likeness (QED) is 0.391. The zero-order valence-corrected chi connectivity index (χ0v) is 16.8. The number of benzene rings is 1. The van der Waals surface area contributed by atoms with Gasteiger partial charge in [-0.1, -0.05) is 81.7 Å². The molecular formula is C16H24BrF2O3P. The van der Waals surface area contributed by atoms with E-state index in [9.17, 15) is 13.6 Å². The summed E-state index contributed by atoms with van der Waals surface area (Å²) in [4.78, 5) is 0. The zero-order valence-electron chi connectivity index (χ0n) is 14.3. The van der Waals surface area contributed by atoms with Crippen LogP contribution in [0.25, 0.3) is 0 Å². The first kappa shape index (κ1) is 20.8. The van der Waals surface area contributed by atoms with Gasteiger partial charge in [-0.15, -0.1) is 9.46 Å². The summed E-state index contributed by atoms with van der Waals surface area (Å²) in [6, 6.07) is 7.07. The fraction of sp³-hybridized carbons (Fsp3) is 0.625. The zero-order chi connectivity index (χ0) is 18.1. The van der Waals surface area contributed by atoms with E-state index in [1.54, 1.807) is 53.7 Å². The van der Waals surface area contributed by atoms with Gasteiger partial charge in [0.25, 0.3) is 0 Å². The van der Waals surface area contributed by atoms with E-state index in [0.29, 0.717) is 10.9 Å². The first-order chi connectivity index (χ1) is 10.4. The van der Waals surface area contributed by atoms with Gasteiger partial charge in [0.2, 0.25) is 0 Å². The summed E-state index contributed by atoms with van der Waals surface area (Å²) < 4.78 is 46.9. The van der Waals surface area contributed by atoms with Crippen LogP contribution in [0.4, 0.5) is 9.05 Å². The minimum atomic E-state index is -4.76. The Kier molecular flexibility index (Phi) is 6.23. The van der Waals surface area contributed by atoms with Crippen LogP contribution in [0.3, 0.4) is 0 Å². The first-order valence-electron chi connectivity index (χ1n) is 7.27. The molecule has 7 heteroatoms. The Balaban J connectivity index is 3.88. The van der Waals surface area contributed by atoms with Crippen molar-refractivity contribution in [1.29, 1.82) is 0 Å². The fourth-order valence-corrected chi connectivity index (χ4v) is 6.63. The number of halogens is 3. The molecular weight excluding hydrogens is 389 g/mol. The number of rotatable bonds is 5. The smallest absolute Gasteiger partial charge is 0.254 e. The summed E-state index contributed by atoms with van der Waals surface area (Å²) >= 11 is 3.35. The molecule has 0 heterocycles. The summed E-state index contributed by atoms with van der Waals surface area (Å²) in [6.07, 6.45) is 0. The predicted octanol–water partition coefficient (Wildman–Crippen LogP) is 6.86. The first-order valence-corrected chi connectivity index (χ1v) is 9.94. The Hall–Kier alpha value is -0.290. The van der Waals surface area contributed by atoms with Crippen molar-refractivity contribution in [2.24, 2.45) is 10.8 Å². The van der Waals surface area contributed by atoms with Gasteiger partial charge >= 0.3 is 7.60 Å². The lowest BCUT2D eigenvalue weighted by atomic mass is 9.62. The molecule has 0 aromatic heterocycles. The van der Waals surface area contributed by atoms with E-state index < -0.39 is 23.6 Å². The standard InChI is InChI=1S/C16H24BrF2O3P/c1-14(2,3)16(15(4,5)6,23(20,21-18)22-19)13-9-7-12(11-17)8-10-13/h7-10H,11H2,1-6H3. The molecule has 0 fully saturated rings. The molecule has 0 unspecified atom stereocenters. The number of hydrogen-bond acceptors (Lipinski definition) is 3. The molecule has 0 saturated carbocycles. The SMILES string of the molecule is CC(C)(C)C(c1ccc(CBr)cc1)(C(C)(C)C)P(=O)(OF)OF. The molecule has 3 nitrogen and oxygen atoms in total. The molecule has 132 valence electrons. The van der Waals surface area contributed by atoms with Crippen molar-refractivity contribution in [3.63, 3.8) is 0 Å². The summed E-state index contributed by atoms with van der Waals surface area (Å²) in [6.45, 7) is 10.6. The molecule has 0 aliphatic rings. The lowest BCUT2D eigenvalue weighted by molar-refractivity contribution is -0.110. The van der Waals surface area contributed by atoms with Crippen molar-refractivity contribution < 1.29 is 23.1 Å². The summed E-state index contributed by atoms with van der Waals surface area (Å²) in [5, 5.41) is -0.899. The molecule has 1 aromatic carbocycles. The lowest BCUT2D eigenvalue weighted by Crippen LogP contribution is -2.50. The molecule has 0 bridgehead atoms. The van der Waals surface area contributed by atoms with Crippen LogP contribution < -0.4 is 0 Å². The van der Waals surface area contributed by atoms with Gasteiger partial charge in [0.15, 0.2) is 0 Å². The second kappa shape index (κ2) is 6.91. The van der Waals surface area contributed by atoms with Gasteiger partial charge in [-0.25, -0.2) is 0 Å². The molecule has 0 N–H and O–H groups in total. The van der Waals surface area contributed by atoms with Crippen LogP contribution in [-0.4, -0.2) is 0 Å². The van der Waals surface area contributed by atoms with E-state index in [-0.39, 0.29) is 0 Å². The predicted molar refractivity (Wildman–Crippen MR) is 91.7 cm³/mol. The van der Waals surface area contributed by atoms with Crippen LogP contribution in [0.15, 0.2) is 24.3 Å². The largest absolute Gasteiger partial charge is 0.405 e. The van der Waals surface area contributed by atoms with Crippen LogP contribution in [0, 0.1) is 10.8 Å². The molecule has 0 atom stereocenters. The topological polar surface area (TPSA) is 35.5 Å². The third kappa shape index (κ3) is 3.28. The van der Waals surface area contributed by atoms with Gasteiger partial charge in [0.05, 0.1) is 0 Å². The van der Waals surface area contributed by atoms with Crippen molar-refractivity contribution in [3.8, 4) is 0 Å². The van der Waals surface area contributed by atoms with Crippen molar-refractivity contribution in [2.45, 2.75) is 52.0 Å². The molecule has 0 spiro atoms. The Morgan fingerprint density at radius 3 is 1.61 bits per heavy atom. The van der Waals surface area contributed by atoms with E-state index in [1.807, 2.05) is 12.1 Å². The minimum Gasteiger partial charge on any atom is -0.254 e. The Morgan fingerprint density at radius 1 is 0.957 bits per heavy atom. The van der Waals surface area contributed by atoms with Crippen molar-refractivity contribution >= 4 is 23.5 Å². The van der Waals surface area contributed by atoms with E-state index in [2.05, 4.69) is 25.4 Å². The van der Waals surface area contributed by atoms with E-state index in [4.69, 9.17) is 0 Å². The lowest BCUT2D eigenvalue weighted by Gasteiger charge is -2.53. The third-order valence-corrected chi connectivity index (χ3v) is 7.72. The Bertz CT molecular complexity index is 554. The maximum atomic E-state index is 13.3. The Morgan fingerprint density at radius 2 is 1.35 bits per heavy atom. The highest BCUT2D eigenvalue weighted by molar-refractivity contribution is 9.08. The molecule has 1 aromatic rings. The van der Waals surface area contributed by atoms with E-state index in [0.717, 1.165) is 5.56 Å². The van der Waals surface area contributed by atoms with E-state index >= 15 is 0 Å². The number of hydrogen-bond donors (Lipinski definition) is 0. The normalized spacial score (nSPS) is 14.1. The van der Waals surface area contributed by atoms with Gasteiger partial charge in [-0.2, -0.15) is 0 Å². The molecule has 0 radical (unpaired) electrons. The van der Waals surface area contributed by atoms with E-state index in [1.165, 1.54) is 0 Å². The molecule has 0 saturated heterocycles. The van der Waals surface area contributed by atoms with Crippen molar-refractivity contribution in [3.05, 3.63) is 35.4 Å². The van der Waals surface area contributed by atoms with Crippen LogP contribution in [-0.2, 0) is 24.5 Å². The number of alkyl halides is 1. The average Bonchev–Trinajstić information content (AvgIpc) is 2.45. The second-order valence-corrected chi connectivity index (χ2v) is 10.2. The molecule has 0 aliphatic carbocycles. The highest BCUT2D eigenvalue weighted by Gasteiger charge is 2.67. The fourth-order valence-electron chi connectivity index (χ4n) is 3.92. The van der Waals surface area contributed by atoms with Gasteiger partial charge in [0.1, 0.15) is 5.16 Å². The molecule has 23 heavy (non-hydrogen) atoms. The average molecular weight is 413 g/mol. The third-order valence-electron chi connectivity index (χ3n) is 4.29. The van der Waals surface area contributed by atoms with Crippen LogP contribution in [0.5, 0.6) is 0 Å². The summed E-state index contributed by atoms with van der Waals surface area (Å²) in [5.41, 5.74) is -0.160. The second-order valence-electron chi connectivity index (χ2n) is 7.68.